The SMILES string of the molecule is CCOc1ccc(S(=O)(=O)N(C)CC(=O)Nc2ccc(CC(N)=O)cc2)cc1. The molecule has 0 aromatic heterocycles. The zero-order valence-corrected chi connectivity index (χ0v) is 16.5. The summed E-state index contributed by atoms with van der Waals surface area (Å²) in [7, 11) is -2.48. The van der Waals surface area contributed by atoms with Crippen molar-refractivity contribution in [1.29, 1.82) is 0 Å². The summed E-state index contributed by atoms with van der Waals surface area (Å²) in [5.74, 6) is -0.362. The number of nitrogens with one attached hydrogen (secondary N) is 1. The average Bonchev–Trinajstić information content (AvgIpc) is 2.63. The van der Waals surface area contributed by atoms with Crippen molar-refractivity contribution in [1.82, 2.24) is 4.31 Å². The van der Waals surface area contributed by atoms with Crippen molar-refractivity contribution >= 4 is 27.5 Å². The van der Waals surface area contributed by atoms with E-state index in [0.717, 1.165) is 9.87 Å². The Labute approximate surface area is 164 Å². The van der Waals surface area contributed by atoms with Gasteiger partial charge >= 0.3 is 0 Å². The minimum Gasteiger partial charge on any atom is -0.494 e. The van der Waals surface area contributed by atoms with E-state index in [2.05, 4.69) is 5.32 Å². The minimum atomic E-state index is -3.81. The Morgan fingerprint density at radius 1 is 1.07 bits per heavy atom. The molecule has 2 amide bonds. The maximum absolute atomic E-state index is 12.6. The smallest absolute Gasteiger partial charge is 0.243 e. The van der Waals surface area contributed by atoms with Crippen LogP contribution < -0.4 is 15.8 Å². The highest BCUT2D eigenvalue weighted by Gasteiger charge is 2.23. The van der Waals surface area contributed by atoms with Crippen molar-refractivity contribution in [2.24, 2.45) is 5.73 Å². The van der Waals surface area contributed by atoms with Crippen LogP contribution in [-0.2, 0) is 26.0 Å². The Kier molecular flexibility index (Phi) is 7.13. The molecule has 0 radical (unpaired) electrons. The summed E-state index contributed by atoms with van der Waals surface area (Å²) < 4.78 is 31.5. The van der Waals surface area contributed by atoms with Crippen molar-refractivity contribution in [3.05, 3.63) is 54.1 Å². The zero-order valence-electron chi connectivity index (χ0n) is 15.7. The van der Waals surface area contributed by atoms with Gasteiger partial charge in [-0.25, -0.2) is 8.42 Å². The lowest BCUT2D eigenvalue weighted by molar-refractivity contribution is -0.117. The molecule has 9 heteroatoms. The van der Waals surface area contributed by atoms with E-state index in [1.165, 1.54) is 19.2 Å². The van der Waals surface area contributed by atoms with Crippen molar-refractivity contribution in [2.45, 2.75) is 18.2 Å². The molecule has 0 unspecified atom stereocenters. The van der Waals surface area contributed by atoms with Gasteiger partial charge in [-0.05, 0) is 48.9 Å². The van der Waals surface area contributed by atoms with E-state index in [-0.39, 0.29) is 17.9 Å². The first-order valence-electron chi connectivity index (χ1n) is 8.58. The van der Waals surface area contributed by atoms with Crippen molar-refractivity contribution in [3.63, 3.8) is 0 Å². The van der Waals surface area contributed by atoms with Gasteiger partial charge in [0.05, 0.1) is 24.5 Å². The first kappa shape index (κ1) is 21.4. The van der Waals surface area contributed by atoms with Gasteiger partial charge in [-0.15, -0.1) is 0 Å². The lowest BCUT2D eigenvalue weighted by atomic mass is 10.1. The van der Waals surface area contributed by atoms with Crippen molar-refractivity contribution in [2.75, 3.05) is 25.5 Å². The quantitative estimate of drug-likeness (QED) is 0.653. The molecule has 2 rings (SSSR count). The molecule has 3 N–H and O–H groups in total. The number of sulfonamides is 1. The number of carbonyl (C=O) groups is 2. The topological polar surface area (TPSA) is 119 Å². The molecule has 0 saturated carbocycles. The fraction of sp³-hybridized carbons (Fsp3) is 0.263. The van der Waals surface area contributed by atoms with Gasteiger partial charge in [0, 0.05) is 12.7 Å². The number of hydrogen-bond acceptors (Lipinski definition) is 5. The second kappa shape index (κ2) is 9.34. The monoisotopic (exact) mass is 405 g/mol. The van der Waals surface area contributed by atoms with Gasteiger partial charge in [0.25, 0.3) is 0 Å². The molecule has 0 bridgehead atoms. The number of hydrogen-bond donors (Lipinski definition) is 2. The Bertz CT molecular complexity index is 925. The van der Waals surface area contributed by atoms with Gasteiger partial charge in [0.15, 0.2) is 0 Å². The van der Waals surface area contributed by atoms with E-state index in [1.807, 2.05) is 6.92 Å². The van der Waals surface area contributed by atoms with Crippen LogP contribution in [0.5, 0.6) is 5.75 Å². The summed E-state index contributed by atoms with van der Waals surface area (Å²) in [6.07, 6.45) is 0.108. The summed E-state index contributed by atoms with van der Waals surface area (Å²) in [5, 5.41) is 2.62. The molecule has 150 valence electrons. The number of benzene rings is 2. The summed E-state index contributed by atoms with van der Waals surface area (Å²) in [4.78, 5) is 23.2. The number of nitrogens with zero attached hydrogens (tertiary/aromatic N) is 1. The molecular formula is C19H23N3O5S. The van der Waals surface area contributed by atoms with Gasteiger partial charge in [0.2, 0.25) is 21.8 Å². The summed E-state index contributed by atoms with van der Waals surface area (Å²) in [6.45, 7) is 1.97. The van der Waals surface area contributed by atoms with Crippen LogP contribution in [-0.4, -0.2) is 44.7 Å². The summed E-state index contributed by atoms with van der Waals surface area (Å²) in [6, 6.07) is 12.6. The summed E-state index contributed by atoms with van der Waals surface area (Å²) in [5.41, 5.74) is 6.35. The second-order valence-electron chi connectivity index (χ2n) is 6.05. The van der Waals surface area contributed by atoms with E-state index >= 15 is 0 Å². The number of amides is 2. The molecule has 2 aromatic rings. The largest absolute Gasteiger partial charge is 0.494 e. The standard InChI is InChI=1S/C19H23N3O5S/c1-3-27-16-8-10-17(11-9-16)28(25,26)22(2)13-19(24)21-15-6-4-14(5-7-15)12-18(20)23/h4-11H,3,12-13H2,1-2H3,(H2,20,23)(H,21,24). The highest BCUT2D eigenvalue weighted by atomic mass is 32.2. The van der Waals surface area contributed by atoms with Crippen LogP contribution in [0.25, 0.3) is 0 Å². The maximum Gasteiger partial charge on any atom is 0.243 e. The van der Waals surface area contributed by atoms with Crippen LogP contribution in [0.2, 0.25) is 0 Å². The summed E-state index contributed by atoms with van der Waals surface area (Å²) >= 11 is 0. The number of anilines is 1. The fourth-order valence-corrected chi connectivity index (χ4v) is 3.58. The van der Waals surface area contributed by atoms with Crippen LogP contribution in [0.4, 0.5) is 5.69 Å². The molecule has 0 fully saturated rings. The van der Waals surface area contributed by atoms with Crippen LogP contribution in [0.3, 0.4) is 0 Å². The molecule has 28 heavy (non-hydrogen) atoms. The lowest BCUT2D eigenvalue weighted by Crippen LogP contribution is -2.34. The van der Waals surface area contributed by atoms with Crippen LogP contribution in [0.1, 0.15) is 12.5 Å². The highest BCUT2D eigenvalue weighted by Crippen LogP contribution is 2.19. The Balaban J connectivity index is 1.99. The Morgan fingerprint density at radius 2 is 1.68 bits per heavy atom. The second-order valence-corrected chi connectivity index (χ2v) is 8.10. The molecule has 0 heterocycles. The molecule has 0 spiro atoms. The van der Waals surface area contributed by atoms with E-state index in [9.17, 15) is 18.0 Å². The van der Waals surface area contributed by atoms with Gasteiger partial charge in [-0.1, -0.05) is 12.1 Å². The predicted molar refractivity (Wildman–Crippen MR) is 105 cm³/mol. The third-order valence-electron chi connectivity index (χ3n) is 3.83. The maximum atomic E-state index is 12.6. The molecular weight excluding hydrogens is 382 g/mol. The van der Waals surface area contributed by atoms with E-state index in [0.29, 0.717) is 18.0 Å². The highest BCUT2D eigenvalue weighted by molar-refractivity contribution is 7.89. The van der Waals surface area contributed by atoms with Gasteiger partial charge < -0.3 is 15.8 Å². The predicted octanol–water partition coefficient (Wildman–Crippen LogP) is 1.37. The number of primary amides is 1. The van der Waals surface area contributed by atoms with Gasteiger partial charge in [-0.2, -0.15) is 4.31 Å². The lowest BCUT2D eigenvalue weighted by Gasteiger charge is -2.17. The average molecular weight is 405 g/mol. The third kappa shape index (κ3) is 5.80. The number of ether oxygens (including phenoxy) is 1. The minimum absolute atomic E-state index is 0.0713. The number of nitrogens with two attached hydrogens (primary N) is 1. The van der Waals surface area contributed by atoms with Crippen molar-refractivity contribution in [3.8, 4) is 5.75 Å². The Hall–Kier alpha value is -2.91. The molecule has 0 atom stereocenters. The van der Waals surface area contributed by atoms with Crippen LogP contribution in [0.15, 0.2) is 53.4 Å². The van der Waals surface area contributed by atoms with Crippen LogP contribution >= 0.6 is 0 Å². The van der Waals surface area contributed by atoms with Crippen LogP contribution in [0, 0.1) is 0 Å². The molecule has 8 nitrogen and oxygen atoms in total. The van der Waals surface area contributed by atoms with Gasteiger partial charge in [0.1, 0.15) is 5.75 Å². The van der Waals surface area contributed by atoms with Crippen molar-refractivity contribution < 1.29 is 22.7 Å². The number of carbonyl (C=O) groups excluding carboxylic acids is 2. The van der Waals surface area contributed by atoms with E-state index < -0.39 is 21.8 Å². The third-order valence-corrected chi connectivity index (χ3v) is 5.64. The number of rotatable bonds is 9. The fourth-order valence-electron chi connectivity index (χ4n) is 2.45. The molecule has 0 aliphatic carbocycles. The zero-order chi connectivity index (χ0) is 20.7. The normalized spacial score (nSPS) is 11.2. The van der Waals surface area contributed by atoms with E-state index in [1.54, 1.807) is 36.4 Å². The molecule has 0 saturated heterocycles. The number of likely N-dealkylation sites (N-methyl/N-ethyl adjacent to an activating group) is 1. The first-order chi connectivity index (χ1) is 13.2. The molecule has 0 aliphatic heterocycles. The first-order valence-corrected chi connectivity index (χ1v) is 10.0. The van der Waals surface area contributed by atoms with E-state index in [4.69, 9.17) is 10.5 Å². The molecule has 2 aromatic carbocycles. The van der Waals surface area contributed by atoms with Gasteiger partial charge in [-0.3, -0.25) is 9.59 Å². The molecule has 0 aliphatic rings. The Morgan fingerprint density at radius 3 is 2.21 bits per heavy atom.